The Bertz CT molecular complexity index is 974. The lowest BCUT2D eigenvalue weighted by Crippen LogP contribution is -2.39. The minimum atomic E-state index is -0.729. The van der Waals surface area contributed by atoms with E-state index < -0.39 is 11.6 Å². The Morgan fingerprint density at radius 3 is 2.38 bits per heavy atom. The standard InChI is InChI=1S/C20H20F2N6O/c1-12(2)25-19-20(27-17(11-24)16(10-23)26-19)28-7-5-14(6-8-28)29-18-4-3-13(21)9-15(18)22/h3-4,9,12,14H,5-8H2,1-2H3,(H,25,26). The summed E-state index contributed by atoms with van der Waals surface area (Å²) < 4.78 is 32.5. The third-order valence-corrected chi connectivity index (χ3v) is 4.44. The summed E-state index contributed by atoms with van der Waals surface area (Å²) in [5.74, 6) is -0.410. The number of nitrogens with zero attached hydrogens (tertiary/aromatic N) is 5. The number of halogens is 2. The molecule has 1 aliphatic heterocycles. The lowest BCUT2D eigenvalue weighted by Gasteiger charge is -2.34. The molecule has 2 heterocycles. The topological polar surface area (TPSA) is 97.9 Å². The second-order valence-electron chi connectivity index (χ2n) is 6.99. The van der Waals surface area contributed by atoms with E-state index in [1.54, 1.807) is 0 Å². The first kappa shape index (κ1) is 20.3. The Kier molecular flexibility index (Phi) is 6.08. The number of anilines is 2. The van der Waals surface area contributed by atoms with E-state index in [0.717, 1.165) is 12.1 Å². The Morgan fingerprint density at radius 1 is 1.14 bits per heavy atom. The molecule has 1 fully saturated rings. The molecule has 1 aliphatic rings. The number of hydrogen-bond acceptors (Lipinski definition) is 7. The molecule has 0 radical (unpaired) electrons. The van der Waals surface area contributed by atoms with Crippen molar-refractivity contribution in [1.82, 2.24) is 9.97 Å². The summed E-state index contributed by atoms with van der Waals surface area (Å²) in [7, 11) is 0. The van der Waals surface area contributed by atoms with Crippen LogP contribution in [0.15, 0.2) is 18.2 Å². The zero-order valence-electron chi connectivity index (χ0n) is 16.1. The monoisotopic (exact) mass is 398 g/mol. The number of piperidine rings is 1. The van der Waals surface area contributed by atoms with Crippen LogP contribution in [0.25, 0.3) is 0 Å². The average Bonchev–Trinajstić information content (AvgIpc) is 2.70. The lowest BCUT2D eigenvalue weighted by molar-refractivity contribution is 0.163. The van der Waals surface area contributed by atoms with Crippen LogP contribution in [0.3, 0.4) is 0 Å². The van der Waals surface area contributed by atoms with E-state index in [4.69, 9.17) is 4.74 Å². The van der Waals surface area contributed by atoms with Gasteiger partial charge in [0, 0.05) is 38.0 Å². The van der Waals surface area contributed by atoms with Gasteiger partial charge in [0.05, 0.1) is 0 Å². The Morgan fingerprint density at radius 2 is 1.79 bits per heavy atom. The highest BCUT2D eigenvalue weighted by atomic mass is 19.1. The summed E-state index contributed by atoms with van der Waals surface area (Å²) in [4.78, 5) is 10.6. The van der Waals surface area contributed by atoms with Crippen LogP contribution in [0.2, 0.25) is 0 Å². The van der Waals surface area contributed by atoms with E-state index in [1.165, 1.54) is 6.07 Å². The molecule has 2 aromatic rings. The van der Waals surface area contributed by atoms with Crippen molar-refractivity contribution in [1.29, 1.82) is 10.5 Å². The summed E-state index contributed by atoms with van der Waals surface area (Å²) in [5.41, 5.74) is -0.0482. The molecule has 7 nitrogen and oxygen atoms in total. The van der Waals surface area contributed by atoms with Gasteiger partial charge >= 0.3 is 0 Å². The van der Waals surface area contributed by atoms with E-state index in [1.807, 2.05) is 30.9 Å². The number of nitriles is 2. The highest BCUT2D eigenvalue weighted by molar-refractivity contribution is 5.64. The molecule has 0 spiro atoms. The van der Waals surface area contributed by atoms with Gasteiger partial charge in [0.1, 0.15) is 24.1 Å². The smallest absolute Gasteiger partial charge is 0.179 e. The molecule has 3 rings (SSSR count). The van der Waals surface area contributed by atoms with E-state index in [9.17, 15) is 19.3 Å². The molecular formula is C20H20F2N6O. The summed E-state index contributed by atoms with van der Waals surface area (Å²) in [5, 5.41) is 21.6. The van der Waals surface area contributed by atoms with E-state index >= 15 is 0 Å². The minimum Gasteiger partial charge on any atom is -0.487 e. The average molecular weight is 398 g/mol. The van der Waals surface area contributed by atoms with Gasteiger partial charge in [-0.25, -0.2) is 18.7 Å². The Hall–Kier alpha value is -3.46. The molecule has 0 amide bonds. The minimum absolute atomic E-state index is 0.0237. The van der Waals surface area contributed by atoms with Crippen LogP contribution in [-0.2, 0) is 0 Å². The fourth-order valence-electron chi connectivity index (χ4n) is 3.11. The molecule has 150 valence electrons. The van der Waals surface area contributed by atoms with Crippen molar-refractivity contribution in [3.05, 3.63) is 41.2 Å². The number of ether oxygens (including phenoxy) is 1. The highest BCUT2D eigenvalue weighted by Gasteiger charge is 2.26. The SMILES string of the molecule is CC(C)Nc1nc(C#N)c(C#N)nc1N1CCC(Oc2ccc(F)cc2F)CC1. The largest absolute Gasteiger partial charge is 0.487 e. The van der Waals surface area contributed by atoms with Gasteiger partial charge in [-0.15, -0.1) is 0 Å². The fraction of sp³-hybridized carbons (Fsp3) is 0.400. The second kappa shape index (κ2) is 8.70. The predicted octanol–water partition coefficient (Wildman–Crippen LogP) is 3.37. The first-order chi connectivity index (χ1) is 13.9. The van der Waals surface area contributed by atoms with Gasteiger partial charge in [0.15, 0.2) is 34.6 Å². The van der Waals surface area contributed by atoms with Gasteiger partial charge < -0.3 is 15.0 Å². The quantitative estimate of drug-likeness (QED) is 0.824. The number of nitrogens with one attached hydrogen (secondary N) is 1. The van der Waals surface area contributed by atoms with Crippen LogP contribution in [0.5, 0.6) is 5.75 Å². The second-order valence-corrected chi connectivity index (χ2v) is 6.99. The summed E-state index contributed by atoms with van der Waals surface area (Å²) in [6.07, 6.45) is 0.942. The van der Waals surface area contributed by atoms with Gasteiger partial charge in [-0.05, 0) is 26.0 Å². The van der Waals surface area contributed by atoms with Gasteiger partial charge in [-0.1, -0.05) is 0 Å². The summed E-state index contributed by atoms with van der Waals surface area (Å²) >= 11 is 0. The molecule has 0 aliphatic carbocycles. The molecule has 1 aromatic heterocycles. The maximum absolute atomic E-state index is 13.8. The number of rotatable bonds is 5. The first-order valence-corrected chi connectivity index (χ1v) is 9.26. The molecule has 0 bridgehead atoms. The van der Waals surface area contributed by atoms with E-state index in [-0.39, 0.29) is 29.3 Å². The zero-order valence-corrected chi connectivity index (χ0v) is 16.1. The number of hydrogen-bond donors (Lipinski definition) is 1. The van der Waals surface area contributed by atoms with Crippen molar-refractivity contribution >= 4 is 11.6 Å². The van der Waals surface area contributed by atoms with Crippen molar-refractivity contribution in [2.45, 2.75) is 38.8 Å². The summed E-state index contributed by atoms with van der Waals surface area (Å²) in [6.45, 7) is 4.97. The highest BCUT2D eigenvalue weighted by Crippen LogP contribution is 2.29. The van der Waals surface area contributed by atoms with Crippen molar-refractivity contribution in [3.63, 3.8) is 0 Å². The molecule has 29 heavy (non-hydrogen) atoms. The van der Waals surface area contributed by atoms with Gasteiger partial charge in [-0.2, -0.15) is 10.5 Å². The molecule has 9 heteroatoms. The molecule has 1 saturated heterocycles. The Balaban J connectivity index is 1.76. The first-order valence-electron chi connectivity index (χ1n) is 9.26. The van der Waals surface area contributed by atoms with Crippen molar-refractivity contribution < 1.29 is 13.5 Å². The molecule has 0 atom stereocenters. The third kappa shape index (κ3) is 4.69. The molecule has 0 saturated carbocycles. The van der Waals surface area contributed by atoms with Crippen LogP contribution in [0.4, 0.5) is 20.4 Å². The molecule has 1 aromatic carbocycles. The predicted molar refractivity (Wildman–Crippen MR) is 102 cm³/mol. The maximum atomic E-state index is 13.8. The lowest BCUT2D eigenvalue weighted by atomic mass is 10.1. The third-order valence-electron chi connectivity index (χ3n) is 4.44. The van der Waals surface area contributed by atoms with Crippen LogP contribution in [0, 0.1) is 34.3 Å². The van der Waals surface area contributed by atoms with E-state index in [0.29, 0.717) is 37.6 Å². The van der Waals surface area contributed by atoms with Crippen molar-refractivity contribution in [2.24, 2.45) is 0 Å². The normalized spacial score (nSPS) is 14.4. The van der Waals surface area contributed by atoms with Crippen LogP contribution < -0.4 is 15.0 Å². The number of benzene rings is 1. The van der Waals surface area contributed by atoms with Crippen molar-refractivity contribution in [3.8, 4) is 17.9 Å². The molecule has 0 unspecified atom stereocenters. The zero-order chi connectivity index (χ0) is 21.0. The van der Waals surface area contributed by atoms with E-state index in [2.05, 4.69) is 15.3 Å². The van der Waals surface area contributed by atoms with Gasteiger partial charge in [0.25, 0.3) is 0 Å². The number of aromatic nitrogens is 2. The Labute approximate surface area is 167 Å². The van der Waals surface area contributed by atoms with Crippen molar-refractivity contribution in [2.75, 3.05) is 23.3 Å². The fourth-order valence-corrected chi connectivity index (χ4v) is 3.11. The van der Waals surface area contributed by atoms with Gasteiger partial charge in [0.2, 0.25) is 0 Å². The van der Waals surface area contributed by atoms with Crippen LogP contribution in [0.1, 0.15) is 38.1 Å². The van der Waals surface area contributed by atoms with Crippen LogP contribution >= 0.6 is 0 Å². The summed E-state index contributed by atoms with van der Waals surface area (Å²) in [6, 6.07) is 7.11. The van der Waals surface area contributed by atoms with Crippen LogP contribution in [-0.4, -0.2) is 35.2 Å². The maximum Gasteiger partial charge on any atom is 0.179 e. The molecular weight excluding hydrogens is 378 g/mol. The van der Waals surface area contributed by atoms with Gasteiger partial charge in [-0.3, -0.25) is 0 Å². The molecule has 1 N–H and O–H groups in total.